The number of rotatable bonds is 7. The fourth-order valence-electron chi connectivity index (χ4n) is 3.21. The first-order valence-corrected chi connectivity index (χ1v) is 11.0. The fraction of sp³-hybridized carbons (Fsp3) is 0.217. The van der Waals surface area contributed by atoms with Crippen molar-refractivity contribution in [3.63, 3.8) is 0 Å². The van der Waals surface area contributed by atoms with Crippen LogP contribution in [0, 0.1) is 5.82 Å². The van der Waals surface area contributed by atoms with E-state index in [9.17, 15) is 9.18 Å². The Morgan fingerprint density at radius 2 is 2.06 bits per heavy atom. The first-order chi connectivity index (χ1) is 15.6. The molecule has 0 unspecified atom stereocenters. The Bertz CT molecular complexity index is 1230. The van der Waals surface area contributed by atoms with Crippen LogP contribution >= 0.6 is 11.8 Å². The van der Waals surface area contributed by atoms with Gasteiger partial charge in [0.05, 0.1) is 22.4 Å². The number of hydrogen-bond acceptors (Lipinski definition) is 7. The first-order valence-electron chi connectivity index (χ1n) is 10.2. The third-order valence-corrected chi connectivity index (χ3v) is 5.63. The molecule has 0 spiro atoms. The number of hydrogen-bond donors (Lipinski definition) is 2. The second kappa shape index (κ2) is 9.78. The van der Waals surface area contributed by atoms with E-state index in [0.717, 1.165) is 22.0 Å². The Kier molecular flexibility index (Phi) is 6.65. The lowest BCUT2D eigenvalue weighted by atomic mass is 10.1. The molecule has 2 aromatic carbocycles. The molecule has 0 atom stereocenters. The topological polar surface area (TPSA) is 88.5 Å². The number of amidine groups is 1. The lowest BCUT2D eigenvalue weighted by Crippen LogP contribution is -2.21. The lowest BCUT2D eigenvalue weighted by molar-refractivity contribution is -0.113. The van der Waals surface area contributed by atoms with E-state index in [2.05, 4.69) is 25.6 Å². The molecule has 7 nitrogen and oxygen atoms in total. The smallest absolute Gasteiger partial charge is 0.286 e. The minimum Gasteiger partial charge on any atom is -0.477 e. The summed E-state index contributed by atoms with van der Waals surface area (Å²) in [5, 5.41) is 7.38. The molecule has 0 fully saturated rings. The van der Waals surface area contributed by atoms with Crippen molar-refractivity contribution in [1.82, 2.24) is 15.3 Å². The van der Waals surface area contributed by atoms with Gasteiger partial charge in [0.15, 0.2) is 5.17 Å². The van der Waals surface area contributed by atoms with Gasteiger partial charge in [-0.05, 0) is 66.6 Å². The molecule has 0 saturated heterocycles. The summed E-state index contributed by atoms with van der Waals surface area (Å²) in [6.45, 7) is 2.93. The lowest BCUT2D eigenvalue weighted by Gasteiger charge is -2.09. The number of benzene rings is 2. The number of thioether (sulfide) groups is 1. The number of nitrogens with zero attached hydrogens (tertiary/aromatic N) is 3. The summed E-state index contributed by atoms with van der Waals surface area (Å²) in [5.41, 5.74) is 2.45. The molecule has 2 heterocycles. The van der Waals surface area contributed by atoms with Gasteiger partial charge in [-0.15, -0.1) is 0 Å². The van der Waals surface area contributed by atoms with Crippen LogP contribution in [0.4, 0.5) is 10.3 Å². The standard InChI is InChI=1S/C23H22FN5O2S/c1-3-31-21-17-12-15(7-8-18(17)27-22(25-2)29-21)13-19-20(30)28-23(32-19)26-10-9-14-5-4-6-16(24)11-14/h4-8,11-13H,3,9-10H2,1-2H3,(H,25,27,29)(H,26,28,30)/b19-13-. The highest BCUT2D eigenvalue weighted by molar-refractivity contribution is 8.18. The molecule has 1 aliphatic heterocycles. The Morgan fingerprint density at radius 3 is 2.84 bits per heavy atom. The zero-order valence-electron chi connectivity index (χ0n) is 17.7. The summed E-state index contributed by atoms with van der Waals surface area (Å²) in [6, 6.07) is 12.1. The molecule has 0 aliphatic carbocycles. The van der Waals surface area contributed by atoms with Crippen molar-refractivity contribution < 1.29 is 13.9 Å². The van der Waals surface area contributed by atoms with Gasteiger partial charge in [0.25, 0.3) is 5.91 Å². The van der Waals surface area contributed by atoms with Crippen LogP contribution in [0.2, 0.25) is 0 Å². The minimum atomic E-state index is -0.296. The third kappa shape index (κ3) is 5.05. The summed E-state index contributed by atoms with van der Waals surface area (Å²) in [7, 11) is 1.75. The Balaban J connectivity index is 1.47. The predicted octanol–water partition coefficient (Wildman–Crippen LogP) is 4.01. The quantitative estimate of drug-likeness (QED) is 0.525. The summed E-state index contributed by atoms with van der Waals surface area (Å²) in [4.78, 5) is 25.8. The van der Waals surface area contributed by atoms with Crippen LogP contribution < -0.4 is 15.4 Å². The van der Waals surface area contributed by atoms with Gasteiger partial charge in [-0.3, -0.25) is 4.79 Å². The summed E-state index contributed by atoms with van der Waals surface area (Å²) in [5.74, 6) is 0.417. The second-order valence-corrected chi connectivity index (χ2v) is 7.98. The number of halogens is 1. The molecule has 0 saturated carbocycles. The van der Waals surface area contributed by atoms with E-state index in [1.54, 1.807) is 19.2 Å². The average Bonchev–Trinajstić information content (AvgIpc) is 3.13. The number of nitrogens with one attached hydrogen (secondary N) is 2. The largest absolute Gasteiger partial charge is 0.477 e. The molecule has 0 bridgehead atoms. The maximum atomic E-state index is 13.3. The van der Waals surface area contributed by atoms with E-state index >= 15 is 0 Å². The average molecular weight is 452 g/mol. The van der Waals surface area contributed by atoms with Gasteiger partial charge < -0.3 is 15.4 Å². The summed E-state index contributed by atoms with van der Waals surface area (Å²) >= 11 is 1.28. The Morgan fingerprint density at radius 1 is 1.19 bits per heavy atom. The first kappa shape index (κ1) is 21.8. The maximum absolute atomic E-state index is 13.3. The van der Waals surface area contributed by atoms with Gasteiger partial charge in [0.2, 0.25) is 11.8 Å². The number of carbonyl (C=O) groups excluding carboxylic acids is 1. The van der Waals surface area contributed by atoms with E-state index in [1.165, 1.54) is 23.9 Å². The van der Waals surface area contributed by atoms with Gasteiger partial charge in [-0.2, -0.15) is 9.98 Å². The number of carbonyl (C=O) groups is 1. The van der Waals surface area contributed by atoms with E-state index in [1.807, 2.05) is 31.2 Å². The molecule has 164 valence electrons. The van der Waals surface area contributed by atoms with Crippen molar-refractivity contribution in [2.24, 2.45) is 4.99 Å². The van der Waals surface area contributed by atoms with Crippen LogP contribution in [0.25, 0.3) is 17.0 Å². The van der Waals surface area contributed by atoms with E-state index in [0.29, 0.717) is 41.5 Å². The van der Waals surface area contributed by atoms with Crippen LogP contribution in [0.1, 0.15) is 18.1 Å². The number of fused-ring (bicyclic) bond motifs is 1. The van der Waals surface area contributed by atoms with E-state index in [-0.39, 0.29) is 11.7 Å². The number of aliphatic imine (C=N–C) groups is 1. The fourth-order valence-corrected chi connectivity index (χ4v) is 4.05. The molecule has 2 N–H and O–H groups in total. The SMILES string of the molecule is CCOc1nc(NC)nc2ccc(/C=C3\SC(NCCc4cccc(F)c4)=NC3=O)cc12. The molecular formula is C23H22FN5O2S. The molecule has 1 aliphatic rings. The van der Waals surface area contributed by atoms with Gasteiger partial charge in [0.1, 0.15) is 5.82 Å². The number of amides is 1. The zero-order chi connectivity index (χ0) is 22.5. The van der Waals surface area contributed by atoms with Crippen LogP contribution in [0.15, 0.2) is 52.4 Å². The molecule has 3 aromatic rings. The maximum Gasteiger partial charge on any atom is 0.286 e. The predicted molar refractivity (Wildman–Crippen MR) is 126 cm³/mol. The molecule has 0 radical (unpaired) electrons. The molecule has 9 heteroatoms. The monoisotopic (exact) mass is 451 g/mol. The molecule has 1 amide bonds. The highest BCUT2D eigenvalue weighted by atomic mass is 32.2. The molecular weight excluding hydrogens is 429 g/mol. The normalized spacial score (nSPS) is 14.7. The van der Waals surface area contributed by atoms with Crippen LogP contribution in [0.5, 0.6) is 5.88 Å². The zero-order valence-corrected chi connectivity index (χ0v) is 18.5. The van der Waals surface area contributed by atoms with E-state index in [4.69, 9.17) is 4.74 Å². The van der Waals surface area contributed by atoms with Crippen molar-refractivity contribution >= 4 is 45.8 Å². The van der Waals surface area contributed by atoms with Crippen molar-refractivity contribution in [2.45, 2.75) is 13.3 Å². The van der Waals surface area contributed by atoms with Crippen molar-refractivity contribution in [3.8, 4) is 5.88 Å². The van der Waals surface area contributed by atoms with Gasteiger partial charge in [0, 0.05) is 13.6 Å². The summed E-state index contributed by atoms with van der Waals surface area (Å²) in [6.07, 6.45) is 2.42. The second-order valence-electron chi connectivity index (χ2n) is 6.95. The van der Waals surface area contributed by atoms with E-state index < -0.39 is 0 Å². The highest BCUT2D eigenvalue weighted by Crippen LogP contribution is 2.30. The van der Waals surface area contributed by atoms with Crippen molar-refractivity contribution in [2.75, 3.05) is 25.5 Å². The summed E-state index contributed by atoms with van der Waals surface area (Å²) < 4.78 is 19.0. The highest BCUT2D eigenvalue weighted by Gasteiger charge is 2.21. The molecule has 1 aromatic heterocycles. The Labute approximate surface area is 189 Å². The van der Waals surface area contributed by atoms with Gasteiger partial charge >= 0.3 is 0 Å². The van der Waals surface area contributed by atoms with Gasteiger partial charge in [-0.25, -0.2) is 9.37 Å². The van der Waals surface area contributed by atoms with Crippen molar-refractivity contribution in [3.05, 3.63) is 64.3 Å². The van der Waals surface area contributed by atoms with Crippen LogP contribution in [0.3, 0.4) is 0 Å². The van der Waals surface area contributed by atoms with Crippen molar-refractivity contribution in [1.29, 1.82) is 0 Å². The number of anilines is 1. The number of ether oxygens (including phenoxy) is 1. The Hall–Kier alpha value is -3.46. The van der Waals surface area contributed by atoms with Crippen LogP contribution in [-0.4, -0.2) is 41.2 Å². The number of aromatic nitrogens is 2. The molecule has 32 heavy (non-hydrogen) atoms. The molecule has 4 rings (SSSR count). The van der Waals surface area contributed by atoms with Gasteiger partial charge in [-0.1, -0.05) is 18.2 Å². The third-order valence-electron chi connectivity index (χ3n) is 4.69. The minimum absolute atomic E-state index is 0.258. The van der Waals surface area contributed by atoms with Crippen LogP contribution in [-0.2, 0) is 11.2 Å².